The van der Waals surface area contributed by atoms with Crippen molar-refractivity contribution < 1.29 is 18.8 Å². The molecule has 0 aliphatic carbocycles. The molecule has 3 rings (SSSR count). The largest absolute Gasteiger partial charge is 0.443 e. The average molecular weight is 386 g/mol. The van der Waals surface area contributed by atoms with Gasteiger partial charge in [0.1, 0.15) is 25.4 Å². The molecule has 0 bridgehead atoms. The number of aromatic nitrogens is 1. The van der Waals surface area contributed by atoms with Crippen LogP contribution in [0, 0.1) is 5.82 Å². The number of carbonyl (C=O) groups is 1. The van der Waals surface area contributed by atoms with Gasteiger partial charge >= 0.3 is 6.09 Å². The number of oxime groups is 1. The van der Waals surface area contributed by atoms with E-state index in [2.05, 4.69) is 15.1 Å². The summed E-state index contributed by atoms with van der Waals surface area (Å²) in [6, 6.07) is 8.39. The Hall–Kier alpha value is -3.69. The first-order valence-electron chi connectivity index (χ1n) is 8.32. The molecule has 1 aromatic carbocycles. The van der Waals surface area contributed by atoms with Gasteiger partial charge in [-0.15, -0.1) is 4.99 Å². The molecule has 0 atom stereocenters. The number of halogens is 1. The van der Waals surface area contributed by atoms with E-state index < -0.39 is 17.9 Å². The third-order valence-corrected chi connectivity index (χ3v) is 4.00. The summed E-state index contributed by atoms with van der Waals surface area (Å²) in [5.74, 6) is -0.164. The van der Waals surface area contributed by atoms with Gasteiger partial charge in [-0.2, -0.15) is 0 Å². The van der Waals surface area contributed by atoms with Crippen LogP contribution < -0.4 is 16.4 Å². The number of benzene rings is 1. The molecule has 1 aliphatic heterocycles. The van der Waals surface area contributed by atoms with E-state index in [-0.39, 0.29) is 12.2 Å². The van der Waals surface area contributed by atoms with Crippen molar-refractivity contribution in [2.75, 3.05) is 25.1 Å². The van der Waals surface area contributed by atoms with E-state index in [1.165, 1.54) is 13.2 Å². The molecule has 0 saturated carbocycles. The summed E-state index contributed by atoms with van der Waals surface area (Å²) in [5.41, 5.74) is 12.3. The van der Waals surface area contributed by atoms with Gasteiger partial charge in [0.15, 0.2) is 5.96 Å². The summed E-state index contributed by atoms with van der Waals surface area (Å²) in [5, 5.41) is 3.88. The van der Waals surface area contributed by atoms with E-state index in [0.717, 1.165) is 11.5 Å². The topological polar surface area (TPSA) is 128 Å². The first-order chi connectivity index (χ1) is 13.5. The van der Waals surface area contributed by atoms with Crippen molar-refractivity contribution >= 4 is 23.6 Å². The first kappa shape index (κ1) is 19.1. The minimum absolute atomic E-state index is 0.198. The molecule has 1 saturated heterocycles. The zero-order valence-corrected chi connectivity index (χ0v) is 15.1. The Kier molecular flexibility index (Phi) is 5.68. The van der Waals surface area contributed by atoms with Crippen molar-refractivity contribution in [3.8, 4) is 11.1 Å². The van der Waals surface area contributed by atoms with Crippen LogP contribution in [0.1, 0.15) is 5.56 Å². The van der Waals surface area contributed by atoms with E-state index >= 15 is 0 Å². The number of rotatable bonds is 5. The number of amides is 1. The highest BCUT2D eigenvalue weighted by atomic mass is 19.1. The molecule has 10 heteroatoms. The first-order valence-corrected chi connectivity index (χ1v) is 8.32. The molecule has 28 heavy (non-hydrogen) atoms. The fourth-order valence-electron chi connectivity index (χ4n) is 2.67. The van der Waals surface area contributed by atoms with Crippen molar-refractivity contribution in [2.24, 2.45) is 21.6 Å². The number of carbonyl (C=O) groups excluding carboxylic acids is 1. The summed E-state index contributed by atoms with van der Waals surface area (Å²) in [6.07, 6.45) is 0.607. The van der Waals surface area contributed by atoms with E-state index in [0.29, 0.717) is 24.2 Å². The predicted octanol–water partition coefficient (Wildman–Crippen LogP) is 1.62. The average Bonchev–Trinajstić information content (AvgIpc) is 2.63. The molecule has 1 amide bonds. The Bertz CT molecular complexity index is 917. The summed E-state index contributed by atoms with van der Waals surface area (Å²) >= 11 is 0. The molecule has 9 nitrogen and oxygen atoms in total. The maximum Gasteiger partial charge on any atom is 0.437 e. The maximum atomic E-state index is 14.8. The molecule has 1 aromatic heterocycles. The van der Waals surface area contributed by atoms with E-state index in [1.54, 1.807) is 24.4 Å². The SMILES string of the molecule is CON=C1CN(c2ccc(-c3cccc(COC(=O)N=C(N)N)c3F)cn2)C1. The summed E-state index contributed by atoms with van der Waals surface area (Å²) in [6.45, 7) is 0.993. The number of hydrogen-bond donors (Lipinski definition) is 2. The van der Waals surface area contributed by atoms with Gasteiger partial charge in [-0.3, -0.25) is 0 Å². The lowest BCUT2D eigenvalue weighted by molar-refractivity contribution is 0.149. The number of nitrogens with two attached hydrogens (primary N) is 2. The minimum atomic E-state index is -0.984. The van der Waals surface area contributed by atoms with Crippen LogP contribution in [-0.2, 0) is 16.2 Å². The standard InChI is InChI=1S/C18H19FN6O3/c1-27-24-13-8-25(9-13)15-6-5-11(7-22-15)14-4-2-3-12(16(14)19)10-28-18(26)23-17(20)21/h2-7H,8-10H2,1H3,(H4,20,21,23,26). The van der Waals surface area contributed by atoms with Crippen molar-refractivity contribution in [3.63, 3.8) is 0 Å². The second-order valence-corrected chi connectivity index (χ2v) is 5.97. The summed E-state index contributed by atoms with van der Waals surface area (Å²) < 4.78 is 19.6. The Morgan fingerprint density at radius 2 is 2.07 bits per heavy atom. The molecular formula is C18H19FN6O3. The molecular weight excluding hydrogens is 367 g/mol. The van der Waals surface area contributed by atoms with Crippen molar-refractivity contribution in [2.45, 2.75) is 6.61 Å². The zero-order chi connectivity index (χ0) is 20.1. The lowest BCUT2D eigenvalue weighted by Crippen LogP contribution is -2.48. The van der Waals surface area contributed by atoms with Crippen LogP contribution >= 0.6 is 0 Å². The molecule has 0 radical (unpaired) electrons. The number of aliphatic imine (C=N–C) groups is 1. The molecule has 146 valence electrons. The van der Waals surface area contributed by atoms with Crippen LogP contribution in [0.3, 0.4) is 0 Å². The van der Waals surface area contributed by atoms with Gasteiger partial charge in [0.25, 0.3) is 0 Å². The van der Waals surface area contributed by atoms with Gasteiger partial charge in [0, 0.05) is 22.9 Å². The predicted molar refractivity (Wildman–Crippen MR) is 102 cm³/mol. The number of anilines is 1. The molecule has 0 unspecified atom stereocenters. The number of guanidine groups is 1. The van der Waals surface area contributed by atoms with E-state index in [4.69, 9.17) is 21.0 Å². The molecule has 0 spiro atoms. The third kappa shape index (κ3) is 4.34. The highest BCUT2D eigenvalue weighted by Gasteiger charge is 2.23. The smallest absolute Gasteiger partial charge is 0.437 e. The Morgan fingerprint density at radius 1 is 1.29 bits per heavy atom. The fourth-order valence-corrected chi connectivity index (χ4v) is 2.67. The molecule has 1 aliphatic rings. The molecule has 2 aromatic rings. The van der Waals surface area contributed by atoms with Crippen LogP contribution in [0.4, 0.5) is 15.0 Å². The van der Waals surface area contributed by atoms with Gasteiger partial charge < -0.3 is 25.9 Å². The molecule has 2 heterocycles. The van der Waals surface area contributed by atoms with Gasteiger partial charge in [0.05, 0.1) is 18.8 Å². The second-order valence-electron chi connectivity index (χ2n) is 5.97. The fraction of sp³-hybridized carbons (Fsp3) is 0.222. The number of ether oxygens (including phenoxy) is 1. The highest BCUT2D eigenvalue weighted by Crippen LogP contribution is 2.27. The van der Waals surface area contributed by atoms with Crippen LogP contribution in [0.5, 0.6) is 0 Å². The van der Waals surface area contributed by atoms with Crippen molar-refractivity contribution in [1.82, 2.24) is 4.98 Å². The molecule has 4 N–H and O–H groups in total. The van der Waals surface area contributed by atoms with Crippen molar-refractivity contribution in [1.29, 1.82) is 0 Å². The van der Waals surface area contributed by atoms with Crippen molar-refractivity contribution in [3.05, 3.63) is 47.9 Å². The lowest BCUT2D eigenvalue weighted by Gasteiger charge is -2.32. The zero-order valence-electron chi connectivity index (χ0n) is 15.1. The Balaban J connectivity index is 1.71. The second kappa shape index (κ2) is 8.33. The van der Waals surface area contributed by atoms with E-state index in [1.807, 2.05) is 11.0 Å². The Labute approximate surface area is 160 Å². The van der Waals surface area contributed by atoms with Crippen LogP contribution in [0.2, 0.25) is 0 Å². The third-order valence-electron chi connectivity index (χ3n) is 4.00. The van der Waals surface area contributed by atoms with Gasteiger partial charge in [0.2, 0.25) is 0 Å². The summed E-state index contributed by atoms with van der Waals surface area (Å²) in [7, 11) is 1.51. The monoisotopic (exact) mass is 386 g/mol. The highest BCUT2D eigenvalue weighted by molar-refractivity contribution is 5.99. The van der Waals surface area contributed by atoms with Gasteiger partial charge in [-0.1, -0.05) is 23.4 Å². The minimum Gasteiger partial charge on any atom is -0.443 e. The number of nitrogens with zero attached hydrogens (tertiary/aromatic N) is 4. The Morgan fingerprint density at radius 3 is 2.71 bits per heavy atom. The normalized spacial score (nSPS) is 12.8. The van der Waals surface area contributed by atoms with Gasteiger partial charge in [-0.25, -0.2) is 14.2 Å². The maximum absolute atomic E-state index is 14.8. The molecule has 1 fully saturated rings. The van der Waals surface area contributed by atoms with E-state index in [9.17, 15) is 9.18 Å². The number of pyridine rings is 1. The van der Waals surface area contributed by atoms with Crippen LogP contribution in [0.25, 0.3) is 11.1 Å². The summed E-state index contributed by atoms with van der Waals surface area (Å²) in [4.78, 5) is 25.7. The number of hydrogen-bond acceptors (Lipinski definition) is 6. The van der Waals surface area contributed by atoms with Crippen LogP contribution in [0.15, 0.2) is 46.7 Å². The lowest BCUT2D eigenvalue weighted by atomic mass is 10.0. The quantitative estimate of drug-likeness (QED) is 0.454. The van der Waals surface area contributed by atoms with Gasteiger partial charge in [-0.05, 0) is 12.1 Å². The van der Waals surface area contributed by atoms with Crippen LogP contribution in [-0.4, -0.2) is 42.9 Å².